The zero-order valence-electron chi connectivity index (χ0n) is 41.7. The van der Waals surface area contributed by atoms with Crippen molar-refractivity contribution >= 4 is 49.5 Å². The fourth-order valence-electron chi connectivity index (χ4n) is 7.34. The molecule has 0 aromatic heterocycles. The predicted octanol–water partition coefficient (Wildman–Crippen LogP) is 6.34. The summed E-state index contributed by atoms with van der Waals surface area (Å²) >= 11 is 0. The van der Waals surface area contributed by atoms with Crippen LogP contribution in [0.3, 0.4) is 0 Å². The number of esters is 2. The Morgan fingerprint density at radius 2 is 0.841 bits per heavy atom. The number of ether oxygens (including phenoxy) is 2. The Bertz CT molecular complexity index is 1460. The van der Waals surface area contributed by atoms with Gasteiger partial charge >= 0.3 is 43.6 Å². The molecule has 0 bridgehead atoms. The molecule has 0 radical (unpaired) electrons. The first kappa shape index (κ1) is 65.3. The van der Waals surface area contributed by atoms with Gasteiger partial charge in [0.15, 0.2) is 6.10 Å². The molecule has 0 saturated carbocycles. The SMILES string of the molecule is CCCCCCCCCCCCCC(=O)OC[C@@H](COP(=O)(O)OCCNC(=O)CN(CCN(CCN(CC(=O)O)CC(=O)O)CC(=O)O)CC(=O)O)OC(=O)CCCCCCCCCCCCC. The summed E-state index contributed by atoms with van der Waals surface area (Å²) in [5.41, 5.74) is 0. The van der Waals surface area contributed by atoms with Crippen LogP contribution in [-0.2, 0) is 56.6 Å². The first-order valence-corrected chi connectivity index (χ1v) is 26.7. The lowest BCUT2D eigenvalue weighted by Crippen LogP contribution is -2.46. The number of phosphoric ester groups is 1. The second-order valence-electron chi connectivity index (χ2n) is 17.6. The Kier molecular flexibility index (Phi) is 40.8. The van der Waals surface area contributed by atoms with Crippen molar-refractivity contribution in [3.05, 3.63) is 0 Å². The van der Waals surface area contributed by atoms with Crippen LogP contribution in [0.2, 0.25) is 0 Å². The monoisotopic (exact) mass is 1010 g/mol. The Morgan fingerprint density at radius 3 is 1.26 bits per heavy atom. The summed E-state index contributed by atoms with van der Waals surface area (Å²) in [5.74, 6) is -6.86. The maximum atomic E-state index is 12.8. The van der Waals surface area contributed by atoms with Gasteiger partial charge in [0, 0.05) is 45.6 Å². The number of unbranched alkanes of at least 4 members (excludes halogenated alkanes) is 20. The van der Waals surface area contributed by atoms with Gasteiger partial charge in [-0.25, -0.2) is 4.57 Å². The minimum atomic E-state index is -4.79. The van der Waals surface area contributed by atoms with E-state index in [4.69, 9.17) is 28.7 Å². The molecular formula is C47H87N4O17P. The number of hydrogen-bond acceptors (Lipinski definition) is 15. The van der Waals surface area contributed by atoms with E-state index in [0.29, 0.717) is 12.8 Å². The number of carboxylic acid groups (broad SMARTS) is 4. The van der Waals surface area contributed by atoms with Crippen LogP contribution in [-0.4, -0.2) is 173 Å². The van der Waals surface area contributed by atoms with E-state index in [2.05, 4.69) is 19.2 Å². The van der Waals surface area contributed by atoms with E-state index < -0.39 is 108 Å². The van der Waals surface area contributed by atoms with Crippen molar-refractivity contribution in [2.45, 2.75) is 174 Å². The van der Waals surface area contributed by atoms with Gasteiger partial charge in [0.2, 0.25) is 5.91 Å². The Morgan fingerprint density at radius 1 is 0.478 bits per heavy atom. The number of carbonyl (C=O) groups excluding carboxylic acids is 3. The van der Waals surface area contributed by atoms with E-state index >= 15 is 0 Å². The van der Waals surface area contributed by atoms with Crippen LogP contribution in [0.25, 0.3) is 0 Å². The lowest BCUT2D eigenvalue weighted by molar-refractivity contribution is -0.161. The van der Waals surface area contributed by atoms with E-state index in [-0.39, 0.29) is 45.6 Å². The first-order valence-electron chi connectivity index (χ1n) is 25.2. The average molecular weight is 1010 g/mol. The minimum absolute atomic E-state index is 0.0756. The number of carbonyl (C=O) groups is 7. The third-order valence-corrected chi connectivity index (χ3v) is 12.1. The zero-order valence-corrected chi connectivity index (χ0v) is 42.6. The van der Waals surface area contributed by atoms with Gasteiger partial charge < -0.3 is 40.1 Å². The van der Waals surface area contributed by atoms with Crippen LogP contribution >= 0.6 is 7.82 Å². The molecule has 0 spiro atoms. The highest BCUT2D eigenvalue weighted by Crippen LogP contribution is 2.43. The third-order valence-electron chi connectivity index (χ3n) is 11.1. The van der Waals surface area contributed by atoms with Gasteiger partial charge in [-0.05, 0) is 12.8 Å². The summed E-state index contributed by atoms with van der Waals surface area (Å²) in [6, 6.07) is 0. The number of rotatable bonds is 50. The summed E-state index contributed by atoms with van der Waals surface area (Å²) in [5, 5.41) is 39.4. The average Bonchev–Trinajstić information content (AvgIpc) is 3.27. The van der Waals surface area contributed by atoms with Gasteiger partial charge in [0.05, 0.1) is 45.9 Å². The van der Waals surface area contributed by atoms with E-state index in [0.717, 1.165) is 49.8 Å². The molecule has 0 aromatic carbocycles. The molecule has 0 fully saturated rings. The third kappa shape index (κ3) is 44.0. The Balaban J connectivity index is 5.11. The number of aliphatic carboxylic acids is 4. The number of nitrogens with zero attached hydrogens (tertiary/aromatic N) is 3. The Hall–Kier alpha value is -3.72. The first-order chi connectivity index (χ1) is 33.0. The molecular weight excluding hydrogens is 924 g/mol. The van der Waals surface area contributed by atoms with Crippen molar-refractivity contribution in [3.8, 4) is 0 Å². The van der Waals surface area contributed by atoms with Crippen LogP contribution in [0.15, 0.2) is 0 Å². The molecule has 0 saturated heterocycles. The quantitative estimate of drug-likeness (QED) is 0.0220. The summed E-state index contributed by atoms with van der Waals surface area (Å²) < 4.78 is 33.8. The van der Waals surface area contributed by atoms with E-state index in [9.17, 15) is 53.2 Å². The van der Waals surface area contributed by atoms with Gasteiger partial charge in [-0.15, -0.1) is 0 Å². The summed E-state index contributed by atoms with van der Waals surface area (Å²) in [6.45, 7) is -0.700. The number of hydrogen-bond donors (Lipinski definition) is 6. The smallest absolute Gasteiger partial charge is 0.472 e. The van der Waals surface area contributed by atoms with Gasteiger partial charge in [0.25, 0.3) is 0 Å². The van der Waals surface area contributed by atoms with Crippen LogP contribution in [0.5, 0.6) is 0 Å². The maximum absolute atomic E-state index is 12.8. The predicted molar refractivity (Wildman–Crippen MR) is 258 cm³/mol. The van der Waals surface area contributed by atoms with E-state index in [1.807, 2.05) is 0 Å². The molecule has 0 rings (SSSR count). The molecule has 1 unspecified atom stereocenters. The van der Waals surface area contributed by atoms with Crippen LogP contribution < -0.4 is 5.32 Å². The molecule has 69 heavy (non-hydrogen) atoms. The van der Waals surface area contributed by atoms with Gasteiger partial charge in [-0.3, -0.25) is 57.3 Å². The van der Waals surface area contributed by atoms with Gasteiger partial charge in [0.1, 0.15) is 6.61 Å². The van der Waals surface area contributed by atoms with Crippen molar-refractivity contribution in [1.82, 2.24) is 20.0 Å². The molecule has 6 N–H and O–H groups in total. The zero-order chi connectivity index (χ0) is 51.5. The topological polar surface area (TPSA) is 296 Å². The van der Waals surface area contributed by atoms with Crippen LogP contribution in [0.1, 0.15) is 168 Å². The molecule has 0 heterocycles. The normalized spacial score (nSPS) is 12.8. The minimum Gasteiger partial charge on any atom is -0.480 e. The summed E-state index contributed by atoms with van der Waals surface area (Å²) in [4.78, 5) is 97.4. The van der Waals surface area contributed by atoms with Crippen LogP contribution in [0.4, 0.5) is 0 Å². The lowest BCUT2D eigenvalue weighted by Gasteiger charge is -2.27. The molecule has 0 aromatic rings. The van der Waals surface area contributed by atoms with Crippen molar-refractivity contribution in [3.63, 3.8) is 0 Å². The Labute approximate surface area is 409 Å². The number of phosphoric acid groups is 1. The highest BCUT2D eigenvalue weighted by Gasteiger charge is 2.27. The fraction of sp³-hybridized carbons (Fsp3) is 0.851. The van der Waals surface area contributed by atoms with Gasteiger partial charge in [-0.1, -0.05) is 142 Å². The van der Waals surface area contributed by atoms with Crippen molar-refractivity contribution in [2.75, 3.05) is 85.3 Å². The second kappa shape index (κ2) is 43.1. The number of nitrogens with one attached hydrogen (secondary N) is 1. The van der Waals surface area contributed by atoms with E-state index in [1.54, 1.807) is 0 Å². The molecule has 2 atom stereocenters. The number of amides is 1. The molecule has 402 valence electrons. The maximum Gasteiger partial charge on any atom is 0.472 e. The fourth-order valence-corrected chi connectivity index (χ4v) is 8.09. The van der Waals surface area contributed by atoms with Crippen molar-refractivity contribution in [2.24, 2.45) is 0 Å². The summed E-state index contributed by atoms with van der Waals surface area (Å²) in [7, 11) is -4.79. The molecule has 0 aliphatic heterocycles. The molecule has 21 nitrogen and oxygen atoms in total. The second-order valence-corrected chi connectivity index (χ2v) is 19.0. The largest absolute Gasteiger partial charge is 0.480 e. The number of carboxylic acids is 4. The standard InChI is InChI=1S/C47H87N4O17P/c1-3-5-7-9-11-13-15-17-19-21-23-25-46(61)65-38-40(68-47(62)26-24-22-20-18-16-14-12-10-8-6-4-2)39-67-69(63,64)66-32-27-48-41(52)33-50(35-43(55)56)30-28-49(34-42(53)54)29-31-51(36-44(57)58)37-45(59)60/h40H,3-39H2,1-2H3,(H,48,52)(H,53,54)(H,55,56)(H,57,58)(H,59,60)(H,63,64)/t40-/m0/s1. The van der Waals surface area contributed by atoms with Gasteiger partial charge in [-0.2, -0.15) is 0 Å². The molecule has 22 heteroatoms. The highest BCUT2D eigenvalue weighted by atomic mass is 31.2. The molecule has 1 amide bonds. The highest BCUT2D eigenvalue weighted by molar-refractivity contribution is 7.47. The van der Waals surface area contributed by atoms with Crippen LogP contribution in [0, 0.1) is 0 Å². The van der Waals surface area contributed by atoms with E-state index in [1.165, 1.54) is 93.3 Å². The lowest BCUT2D eigenvalue weighted by atomic mass is 10.1. The summed E-state index contributed by atoms with van der Waals surface area (Å²) in [6.07, 6.45) is 23.6. The van der Waals surface area contributed by atoms with Crippen molar-refractivity contribution < 1.29 is 82.0 Å². The molecule has 0 aliphatic rings. The van der Waals surface area contributed by atoms with Crippen molar-refractivity contribution in [1.29, 1.82) is 0 Å². The molecule has 0 aliphatic carbocycles.